The molecule has 1 aliphatic rings. The second-order valence-corrected chi connectivity index (χ2v) is 3.96. The van der Waals surface area contributed by atoms with E-state index < -0.39 is 12.5 Å². The van der Waals surface area contributed by atoms with Gasteiger partial charge in [0.25, 0.3) is 0 Å². The summed E-state index contributed by atoms with van der Waals surface area (Å²) >= 11 is 0. The third kappa shape index (κ3) is 2.54. The van der Waals surface area contributed by atoms with Crippen LogP contribution in [0.1, 0.15) is 13.8 Å². The van der Waals surface area contributed by atoms with Crippen LogP contribution in [0.15, 0.2) is 12.7 Å². The number of aliphatic hydroxyl groups is 2. The first-order chi connectivity index (χ1) is 6.56. The largest absolute Gasteiger partial charge is 0.377 e. The highest BCUT2D eigenvalue weighted by molar-refractivity contribution is 4.85. The Hall–Kier alpha value is -0.420. The molecule has 0 aliphatic carbocycles. The van der Waals surface area contributed by atoms with Gasteiger partial charge in [-0.3, -0.25) is 9.80 Å². The maximum Gasteiger partial charge on any atom is 0.126 e. The SMILES string of the molecule is C=CC(O)N1CCN(C(C)C)C(O)C1. The van der Waals surface area contributed by atoms with E-state index in [9.17, 15) is 10.2 Å². The van der Waals surface area contributed by atoms with E-state index >= 15 is 0 Å². The Morgan fingerprint density at radius 1 is 1.43 bits per heavy atom. The molecule has 0 amide bonds. The number of rotatable bonds is 3. The summed E-state index contributed by atoms with van der Waals surface area (Å²) in [6, 6.07) is 0.341. The highest BCUT2D eigenvalue weighted by Crippen LogP contribution is 2.12. The normalized spacial score (nSPS) is 27.9. The minimum Gasteiger partial charge on any atom is -0.377 e. The quantitative estimate of drug-likeness (QED) is 0.621. The van der Waals surface area contributed by atoms with E-state index in [0.29, 0.717) is 12.6 Å². The summed E-state index contributed by atoms with van der Waals surface area (Å²) in [7, 11) is 0. The third-order valence-corrected chi connectivity index (χ3v) is 2.67. The number of piperazine rings is 1. The van der Waals surface area contributed by atoms with Crippen LogP contribution in [0.4, 0.5) is 0 Å². The van der Waals surface area contributed by atoms with Crippen LogP contribution in [0.2, 0.25) is 0 Å². The molecule has 1 rings (SSSR count). The Morgan fingerprint density at radius 3 is 2.50 bits per heavy atom. The molecule has 2 N–H and O–H groups in total. The smallest absolute Gasteiger partial charge is 0.126 e. The molecule has 0 aromatic rings. The summed E-state index contributed by atoms with van der Waals surface area (Å²) in [5, 5.41) is 19.3. The first-order valence-corrected chi connectivity index (χ1v) is 5.04. The minimum atomic E-state index is -0.640. The van der Waals surface area contributed by atoms with Crippen molar-refractivity contribution in [1.82, 2.24) is 9.80 Å². The lowest BCUT2D eigenvalue weighted by atomic mass is 10.2. The topological polar surface area (TPSA) is 46.9 Å². The Balaban J connectivity index is 2.50. The van der Waals surface area contributed by atoms with E-state index in [2.05, 4.69) is 20.4 Å². The number of nitrogens with zero attached hydrogens (tertiary/aromatic N) is 2. The average molecular weight is 200 g/mol. The van der Waals surface area contributed by atoms with Gasteiger partial charge in [0.2, 0.25) is 0 Å². The molecule has 2 atom stereocenters. The van der Waals surface area contributed by atoms with E-state index in [1.54, 1.807) is 0 Å². The summed E-state index contributed by atoms with van der Waals surface area (Å²) in [5.41, 5.74) is 0. The van der Waals surface area contributed by atoms with Crippen LogP contribution in [-0.4, -0.2) is 58.1 Å². The molecule has 0 saturated carbocycles. The van der Waals surface area contributed by atoms with Gasteiger partial charge in [-0.15, -0.1) is 0 Å². The lowest BCUT2D eigenvalue weighted by Crippen LogP contribution is -2.57. The van der Waals surface area contributed by atoms with Crippen molar-refractivity contribution in [1.29, 1.82) is 0 Å². The Bertz CT molecular complexity index is 197. The molecule has 82 valence electrons. The number of hydrogen-bond donors (Lipinski definition) is 2. The number of aliphatic hydroxyl groups excluding tert-OH is 2. The van der Waals surface area contributed by atoms with Crippen molar-refractivity contribution in [2.45, 2.75) is 32.3 Å². The van der Waals surface area contributed by atoms with Crippen LogP contribution in [0.25, 0.3) is 0 Å². The summed E-state index contributed by atoms with van der Waals surface area (Å²) in [4.78, 5) is 3.84. The second-order valence-electron chi connectivity index (χ2n) is 3.96. The highest BCUT2D eigenvalue weighted by atomic mass is 16.3. The highest BCUT2D eigenvalue weighted by Gasteiger charge is 2.28. The monoisotopic (exact) mass is 200 g/mol. The van der Waals surface area contributed by atoms with Gasteiger partial charge in [0, 0.05) is 25.7 Å². The lowest BCUT2D eigenvalue weighted by molar-refractivity contribution is -0.104. The molecular weight excluding hydrogens is 180 g/mol. The molecule has 1 fully saturated rings. The Labute approximate surface area is 85.4 Å². The molecule has 0 radical (unpaired) electrons. The first kappa shape index (κ1) is 11.7. The Kier molecular flexibility index (Phi) is 4.07. The molecule has 0 aromatic heterocycles. The van der Waals surface area contributed by atoms with Crippen molar-refractivity contribution < 1.29 is 10.2 Å². The van der Waals surface area contributed by atoms with Crippen LogP contribution in [0, 0.1) is 0 Å². The third-order valence-electron chi connectivity index (χ3n) is 2.67. The van der Waals surface area contributed by atoms with Gasteiger partial charge >= 0.3 is 0 Å². The molecule has 0 spiro atoms. The van der Waals surface area contributed by atoms with E-state index in [1.807, 2.05) is 9.80 Å². The van der Waals surface area contributed by atoms with Crippen LogP contribution < -0.4 is 0 Å². The predicted molar refractivity (Wildman–Crippen MR) is 55.6 cm³/mol. The van der Waals surface area contributed by atoms with E-state index in [1.165, 1.54) is 6.08 Å². The maximum atomic E-state index is 9.79. The van der Waals surface area contributed by atoms with Gasteiger partial charge in [-0.2, -0.15) is 0 Å². The number of β-amino-alcohol motifs (C(OH)–C–C–N with tert-alkyl or cyclic N) is 1. The van der Waals surface area contributed by atoms with Crippen LogP contribution in [0.5, 0.6) is 0 Å². The average Bonchev–Trinajstić information content (AvgIpc) is 2.15. The van der Waals surface area contributed by atoms with Gasteiger partial charge in [-0.25, -0.2) is 0 Å². The van der Waals surface area contributed by atoms with Gasteiger partial charge in [0.05, 0.1) is 0 Å². The fraction of sp³-hybridized carbons (Fsp3) is 0.800. The van der Waals surface area contributed by atoms with Crippen molar-refractivity contribution in [3.63, 3.8) is 0 Å². The van der Waals surface area contributed by atoms with Crippen LogP contribution >= 0.6 is 0 Å². The van der Waals surface area contributed by atoms with Crippen molar-refractivity contribution in [2.24, 2.45) is 0 Å². The molecule has 2 unspecified atom stereocenters. The molecule has 14 heavy (non-hydrogen) atoms. The van der Waals surface area contributed by atoms with Crippen molar-refractivity contribution >= 4 is 0 Å². The molecular formula is C10H20N2O2. The zero-order valence-electron chi connectivity index (χ0n) is 8.93. The fourth-order valence-corrected chi connectivity index (χ4v) is 1.79. The van der Waals surface area contributed by atoms with Crippen molar-refractivity contribution in [3.05, 3.63) is 12.7 Å². The van der Waals surface area contributed by atoms with E-state index in [0.717, 1.165) is 13.1 Å². The standard InChI is InChI=1S/C10H20N2O2/c1-4-9(13)11-5-6-12(8(2)3)10(14)7-11/h4,8-10,13-14H,1,5-7H2,2-3H3. The van der Waals surface area contributed by atoms with Gasteiger partial charge in [-0.1, -0.05) is 6.58 Å². The van der Waals surface area contributed by atoms with Crippen molar-refractivity contribution in [2.75, 3.05) is 19.6 Å². The Morgan fingerprint density at radius 2 is 2.07 bits per heavy atom. The molecule has 1 aliphatic heterocycles. The van der Waals surface area contributed by atoms with Crippen LogP contribution in [0.3, 0.4) is 0 Å². The summed E-state index contributed by atoms with van der Waals surface area (Å²) in [5.74, 6) is 0. The molecule has 0 bridgehead atoms. The van der Waals surface area contributed by atoms with E-state index in [-0.39, 0.29) is 0 Å². The summed E-state index contributed by atoms with van der Waals surface area (Å²) in [6.45, 7) is 9.67. The fourth-order valence-electron chi connectivity index (χ4n) is 1.79. The van der Waals surface area contributed by atoms with Crippen molar-refractivity contribution in [3.8, 4) is 0 Å². The van der Waals surface area contributed by atoms with Crippen LogP contribution in [-0.2, 0) is 0 Å². The van der Waals surface area contributed by atoms with E-state index in [4.69, 9.17) is 0 Å². The molecule has 0 aromatic carbocycles. The zero-order chi connectivity index (χ0) is 10.7. The van der Waals surface area contributed by atoms with Gasteiger partial charge in [0.1, 0.15) is 12.5 Å². The summed E-state index contributed by atoms with van der Waals surface area (Å²) < 4.78 is 0. The lowest BCUT2D eigenvalue weighted by Gasteiger charge is -2.41. The second kappa shape index (κ2) is 4.89. The van der Waals surface area contributed by atoms with Gasteiger partial charge < -0.3 is 10.2 Å². The maximum absolute atomic E-state index is 9.79. The molecule has 4 heteroatoms. The van der Waals surface area contributed by atoms with Gasteiger partial charge in [0.15, 0.2) is 0 Å². The summed E-state index contributed by atoms with van der Waals surface area (Å²) in [6.07, 6.45) is 0.356. The number of hydrogen-bond acceptors (Lipinski definition) is 4. The first-order valence-electron chi connectivity index (χ1n) is 5.04. The zero-order valence-corrected chi connectivity index (χ0v) is 8.93. The van der Waals surface area contributed by atoms with Gasteiger partial charge in [-0.05, 0) is 19.9 Å². The predicted octanol–water partition coefficient (Wildman–Crippen LogP) is -0.165. The molecule has 1 heterocycles. The molecule has 1 saturated heterocycles. The minimum absolute atomic E-state index is 0.341. The molecule has 4 nitrogen and oxygen atoms in total.